The van der Waals surface area contributed by atoms with Gasteiger partial charge in [-0.15, -0.1) is 0 Å². The van der Waals surface area contributed by atoms with Crippen molar-refractivity contribution in [3.8, 4) is 5.69 Å². The summed E-state index contributed by atoms with van der Waals surface area (Å²) in [6, 6.07) is 11.5. The van der Waals surface area contributed by atoms with E-state index in [1.807, 2.05) is 52.2 Å². The highest BCUT2D eigenvalue weighted by Crippen LogP contribution is 2.19. The Morgan fingerprint density at radius 3 is 2.81 bits per heavy atom. The Kier molecular flexibility index (Phi) is 4.01. The lowest BCUT2D eigenvalue weighted by Crippen LogP contribution is -2.44. The second-order valence-electron chi connectivity index (χ2n) is 5.41. The van der Waals surface area contributed by atoms with Gasteiger partial charge in [-0.25, -0.2) is 4.68 Å². The van der Waals surface area contributed by atoms with Crippen LogP contribution in [-0.4, -0.2) is 38.3 Å². The molecule has 0 radical (unpaired) electrons. The molecule has 1 unspecified atom stereocenters. The summed E-state index contributed by atoms with van der Waals surface area (Å²) in [7, 11) is 0. The molecule has 0 saturated carbocycles. The van der Waals surface area contributed by atoms with Crippen molar-refractivity contribution in [2.45, 2.75) is 31.8 Å². The van der Waals surface area contributed by atoms with Crippen molar-refractivity contribution in [3.05, 3.63) is 48.3 Å². The van der Waals surface area contributed by atoms with E-state index in [9.17, 15) is 9.90 Å². The fourth-order valence-corrected chi connectivity index (χ4v) is 2.84. The Bertz CT molecular complexity index is 609. The molecule has 5 nitrogen and oxygen atoms in total. The molecule has 1 fully saturated rings. The minimum Gasteiger partial charge on any atom is -0.480 e. The van der Waals surface area contributed by atoms with Gasteiger partial charge in [-0.2, -0.15) is 5.10 Å². The monoisotopic (exact) mass is 285 g/mol. The van der Waals surface area contributed by atoms with Gasteiger partial charge >= 0.3 is 5.97 Å². The largest absolute Gasteiger partial charge is 0.480 e. The minimum atomic E-state index is -0.725. The number of carboxylic acids is 1. The van der Waals surface area contributed by atoms with E-state index in [0.717, 1.165) is 37.2 Å². The molecule has 2 heterocycles. The maximum Gasteiger partial charge on any atom is 0.320 e. The number of aromatic nitrogens is 2. The van der Waals surface area contributed by atoms with Gasteiger partial charge in [-0.1, -0.05) is 24.6 Å². The summed E-state index contributed by atoms with van der Waals surface area (Å²) >= 11 is 0. The third-order valence-electron chi connectivity index (χ3n) is 3.93. The summed E-state index contributed by atoms with van der Waals surface area (Å²) in [6.45, 7) is 1.42. The molecule has 1 aromatic carbocycles. The summed E-state index contributed by atoms with van der Waals surface area (Å²) < 4.78 is 1.83. The number of piperidine rings is 1. The predicted octanol–water partition coefficient (Wildman–Crippen LogP) is 2.31. The van der Waals surface area contributed by atoms with Crippen LogP contribution < -0.4 is 0 Å². The predicted molar refractivity (Wildman–Crippen MR) is 79.2 cm³/mol. The first-order valence-electron chi connectivity index (χ1n) is 7.31. The molecule has 2 aromatic rings. The van der Waals surface area contributed by atoms with E-state index in [-0.39, 0.29) is 6.04 Å². The Balaban J connectivity index is 1.73. The molecule has 3 rings (SSSR count). The Morgan fingerprint density at radius 2 is 2.05 bits per heavy atom. The van der Waals surface area contributed by atoms with Gasteiger partial charge in [-0.3, -0.25) is 9.69 Å². The summed E-state index contributed by atoms with van der Waals surface area (Å²) in [5.41, 5.74) is 1.92. The molecule has 1 saturated heterocycles. The fraction of sp³-hybridized carbons (Fsp3) is 0.375. The molecule has 0 spiro atoms. The standard InChI is InChI=1S/C16H19N3O2/c20-16(21)15-8-4-5-10-18(15)12-13-9-11-19(17-13)14-6-2-1-3-7-14/h1-3,6-7,9,11,15H,4-5,8,10,12H2,(H,20,21). The molecule has 21 heavy (non-hydrogen) atoms. The third kappa shape index (κ3) is 3.13. The maximum absolute atomic E-state index is 11.3. The number of carboxylic acid groups (broad SMARTS) is 1. The van der Waals surface area contributed by atoms with Crippen LogP contribution in [0.25, 0.3) is 5.69 Å². The molecule has 0 bridgehead atoms. The normalized spacial score (nSPS) is 19.5. The van der Waals surface area contributed by atoms with Gasteiger partial charge < -0.3 is 5.11 Å². The molecule has 0 aliphatic carbocycles. The van der Waals surface area contributed by atoms with E-state index in [1.54, 1.807) is 0 Å². The zero-order valence-corrected chi connectivity index (χ0v) is 11.9. The first-order valence-corrected chi connectivity index (χ1v) is 7.31. The highest BCUT2D eigenvalue weighted by molar-refractivity contribution is 5.73. The van der Waals surface area contributed by atoms with E-state index in [4.69, 9.17) is 0 Å². The molecule has 1 atom stereocenters. The number of rotatable bonds is 4. The summed E-state index contributed by atoms with van der Waals surface area (Å²) in [6.07, 6.45) is 4.70. The van der Waals surface area contributed by atoms with Crippen LogP contribution in [0.3, 0.4) is 0 Å². The molecule has 110 valence electrons. The molecule has 0 amide bonds. The third-order valence-corrected chi connectivity index (χ3v) is 3.93. The quantitative estimate of drug-likeness (QED) is 0.936. The van der Waals surface area contributed by atoms with Gasteiger partial charge in [0.25, 0.3) is 0 Å². The van der Waals surface area contributed by atoms with E-state index < -0.39 is 5.97 Å². The molecular weight excluding hydrogens is 266 g/mol. The summed E-state index contributed by atoms with van der Waals surface area (Å²) in [4.78, 5) is 13.3. The number of hydrogen-bond donors (Lipinski definition) is 1. The van der Waals surface area contributed by atoms with Crippen LogP contribution in [0.15, 0.2) is 42.6 Å². The summed E-state index contributed by atoms with van der Waals surface area (Å²) in [5.74, 6) is -0.725. The molecule has 1 aliphatic rings. The van der Waals surface area contributed by atoms with Gasteiger partial charge in [0, 0.05) is 12.7 Å². The Labute approximate surface area is 123 Å². The highest BCUT2D eigenvalue weighted by Gasteiger charge is 2.28. The van der Waals surface area contributed by atoms with Crippen LogP contribution in [-0.2, 0) is 11.3 Å². The van der Waals surface area contributed by atoms with E-state index in [0.29, 0.717) is 6.54 Å². The van der Waals surface area contributed by atoms with Gasteiger partial charge in [0.15, 0.2) is 0 Å². The average molecular weight is 285 g/mol. The Morgan fingerprint density at radius 1 is 1.24 bits per heavy atom. The summed E-state index contributed by atoms with van der Waals surface area (Å²) in [5, 5.41) is 13.9. The van der Waals surface area contributed by atoms with Crippen LogP contribution >= 0.6 is 0 Å². The topological polar surface area (TPSA) is 58.4 Å². The van der Waals surface area contributed by atoms with Gasteiger partial charge in [-0.05, 0) is 37.6 Å². The lowest BCUT2D eigenvalue weighted by Gasteiger charge is -2.32. The average Bonchev–Trinajstić information content (AvgIpc) is 2.97. The van der Waals surface area contributed by atoms with E-state index >= 15 is 0 Å². The van der Waals surface area contributed by atoms with Crippen LogP contribution in [0.4, 0.5) is 0 Å². The van der Waals surface area contributed by atoms with Crippen molar-refractivity contribution in [1.82, 2.24) is 14.7 Å². The van der Waals surface area contributed by atoms with Crippen molar-refractivity contribution < 1.29 is 9.90 Å². The number of para-hydroxylation sites is 1. The zero-order valence-electron chi connectivity index (χ0n) is 11.9. The number of carbonyl (C=O) groups is 1. The fourth-order valence-electron chi connectivity index (χ4n) is 2.84. The number of nitrogens with zero attached hydrogens (tertiary/aromatic N) is 3. The van der Waals surface area contributed by atoms with Gasteiger partial charge in [0.2, 0.25) is 0 Å². The lowest BCUT2D eigenvalue weighted by molar-refractivity contribution is -0.144. The van der Waals surface area contributed by atoms with Crippen molar-refractivity contribution in [2.75, 3.05) is 6.54 Å². The van der Waals surface area contributed by atoms with Crippen molar-refractivity contribution in [3.63, 3.8) is 0 Å². The van der Waals surface area contributed by atoms with Crippen LogP contribution in [0, 0.1) is 0 Å². The second-order valence-corrected chi connectivity index (χ2v) is 5.41. The lowest BCUT2D eigenvalue weighted by atomic mass is 10.0. The minimum absolute atomic E-state index is 0.374. The molecular formula is C16H19N3O2. The van der Waals surface area contributed by atoms with E-state index in [1.165, 1.54) is 0 Å². The van der Waals surface area contributed by atoms with Crippen LogP contribution in [0.1, 0.15) is 25.0 Å². The van der Waals surface area contributed by atoms with Crippen molar-refractivity contribution in [1.29, 1.82) is 0 Å². The molecule has 5 heteroatoms. The number of aliphatic carboxylic acids is 1. The molecule has 1 aromatic heterocycles. The first kappa shape index (κ1) is 13.8. The van der Waals surface area contributed by atoms with Gasteiger partial charge in [0.05, 0.1) is 11.4 Å². The Hall–Kier alpha value is -2.14. The highest BCUT2D eigenvalue weighted by atomic mass is 16.4. The zero-order chi connectivity index (χ0) is 14.7. The van der Waals surface area contributed by atoms with Crippen molar-refractivity contribution >= 4 is 5.97 Å². The molecule has 1 N–H and O–H groups in total. The smallest absolute Gasteiger partial charge is 0.320 e. The number of benzene rings is 1. The number of likely N-dealkylation sites (tertiary alicyclic amines) is 1. The first-order chi connectivity index (χ1) is 10.2. The van der Waals surface area contributed by atoms with Gasteiger partial charge in [0.1, 0.15) is 6.04 Å². The number of hydrogen-bond acceptors (Lipinski definition) is 3. The van der Waals surface area contributed by atoms with Crippen LogP contribution in [0.2, 0.25) is 0 Å². The second kappa shape index (κ2) is 6.10. The van der Waals surface area contributed by atoms with Crippen LogP contribution in [0.5, 0.6) is 0 Å². The van der Waals surface area contributed by atoms with E-state index in [2.05, 4.69) is 5.10 Å². The SMILES string of the molecule is O=C(O)C1CCCCN1Cc1ccn(-c2ccccc2)n1. The molecule has 1 aliphatic heterocycles. The van der Waals surface area contributed by atoms with Crippen molar-refractivity contribution in [2.24, 2.45) is 0 Å². The maximum atomic E-state index is 11.3.